The summed E-state index contributed by atoms with van der Waals surface area (Å²) in [6, 6.07) is 0. The summed E-state index contributed by atoms with van der Waals surface area (Å²) in [6.07, 6.45) is 5.67. The van der Waals surface area contributed by atoms with Gasteiger partial charge in [0.15, 0.2) is 0 Å². The second-order valence-corrected chi connectivity index (χ2v) is 5.53. The minimum Gasteiger partial charge on any atom is -0.479 e. The van der Waals surface area contributed by atoms with Gasteiger partial charge in [-0.1, -0.05) is 33.6 Å². The first-order valence-corrected chi connectivity index (χ1v) is 7.58. The summed E-state index contributed by atoms with van der Waals surface area (Å²) in [7, 11) is 0. The number of hydrogen-bond donors (Lipinski definition) is 1. The van der Waals surface area contributed by atoms with Gasteiger partial charge in [0.05, 0.1) is 0 Å². The molecule has 19 heavy (non-hydrogen) atoms. The molecule has 2 unspecified atom stereocenters. The van der Waals surface area contributed by atoms with Gasteiger partial charge in [-0.05, 0) is 32.1 Å². The zero-order valence-corrected chi connectivity index (χ0v) is 12.4. The Morgan fingerprint density at radius 1 is 1.32 bits per heavy atom. The van der Waals surface area contributed by atoms with Crippen molar-refractivity contribution in [2.45, 2.75) is 71.3 Å². The van der Waals surface area contributed by atoms with Gasteiger partial charge in [-0.15, -0.1) is 0 Å². The van der Waals surface area contributed by atoms with E-state index in [0.29, 0.717) is 19.4 Å². The molecule has 0 aliphatic carbocycles. The quantitative estimate of drug-likeness (QED) is 0.772. The summed E-state index contributed by atoms with van der Waals surface area (Å²) in [5, 5.41) is 9.52. The fraction of sp³-hybridized carbons (Fsp3) is 0.867. The lowest BCUT2D eigenvalue weighted by Gasteiger charge is -2.36. The predicted molar refractivity (Wildman–Crippen MR) is 74.9 cm³/mol. The van der Waals surface area contributed by atoms with E-state index in [1.165, 1.54) is 0 Å². The third-order valence-electron chi connectivity index (χ3n) is 4.49. The summed E-state index contributed by atoms with van der Waals surface area (Å²) >= 11 is 0. The van der Waals surface area contributed by atoms with Gasteiger partial charge in [0.25, 0.3) is 0 Å². The van der Waals surface area contributed by atoms with Crippen molar-refractivity contribution in [3.8, 4) is 0 Å². The molecule has 0 bridgehead atoms. The Balaban J connectivity index is 2.86. The van der Waals surface area contributed by atoms with Crippen molar-refractivity contribution in [1.29, 1.82) is 0 Å². The Hall–Kier alpha value is -1.06. The van der Waals surface area contributed by atoms with E-state index in [1.54, 1.807) is 4.90 Å². The average Bonchev–Trinajstić information content (AvgIpc) is 2.84. The number of likely N-dealkylation sites (tertiary alicyclic amines) is 1. The van der Waals surface area contributed by atoms with Crippen molar-refractivity contribution in [3.63, 3.8) is 0 Å². The smallest absolute Gasteiger partial charge is 0.329 e. The molecule has 4 heteroatoms. The average molecular weight is 269 g/mol. The highest BCUT2D eigenvalue weighted by atomic mass is 16.4. The first-order chi connectivity index (χ1) is 9.03. The van der Waals surface area contributed by atoms with E-state index in [-0.39, 0.29) is 11.8 Å². The van der Waals surface area contributed by atoms with Crippen molar-refractivity contribution < 1.29 is 14.7 Å². The molecular formula is C15H27NO3. The summed E-state index contributed by atoms with van der Waals surface area (Å²) < 4.78 is 0. The van der Waals surface area contributed by atoms with Crippen LogP contribution in [0.1, 0.15) is 65.7 Å². The van der Waals surface area contributed by atoms with E-state index < -0.39 is 11.5 Å². The summed E-state index contributed by atoms with van der Waals surface area (Å²) in [5.41, 5.74) is -0.948. The lowest BCUT2D eigenvalue weighted by Crippen LogP contribution is -2.54. The highest BCUT2D eigenvalue weighted by Crippen LogP contribution is 2.35. The number of nitrogens with zero attached hydrogens (tertiary/aromatic N) is 1. The van der Waals surface area contributed by atoms with Crippen LogP contribution in [-0.4, -0.2) is 34.0 Å². The van der Waals surface area contributed by atoms with Gasteiger partial charge in [-0.3, -0.25) is 4.79 Å². The van der Waals surface area contributed by atoms with Gasteiger partial charge in [-0.2, -0.15) is 0 Å². The van der Waals surface area contributed by atoms with E-state index in [0.717, 1.165) is 32.1 Å². The number of carbonyl (C=O) groups is 2. The molecule has 1 N–H and O–H groups in total. The monoisotopic (exact) mass is 269 g/mol. The number of rotatable bonds is 7. The van der Waals surface area contributed by atoms with Crippen molar-refractivity contribution in [2.75, 3.05) is 6.54 Å². The van der Waals surface area contributed by atoms with E-state index in [9.17, 15) is 14.7 Å². The molecule has 2 atom stereocenters. The number of carboxylic acids is 1. The van der Waals surface area contributed by atoms with E-state index in [4.69, 9.17) is 0 Å². The Morgan fingerprint density at radius 3 is 2.47 bits per heavy atom. The van der Waals surface area contributed by atoms with Crippen LogP contribution in [0.3, 0.4) is 0 Å². The molecule has 4 nitrogen and oxygen atoms in total. The summed E-state index contributed by atoms with van der Waals surface area (Å²) in [4.78, 5) is 25.9. The predicted octanol–water partition coefficient (Wildman–Crippen LogP) is 3.06. The SMILES string of the molecule is CCCCC(CC)C(=O)N1CCCC1(CC)C(=O)O. The van der Waals surface area contributed by atoms with Crippen LogP contribution in [-0.2, 0) is 9.59 Å². The summed E-state index contributed by atoms with van der Waals surface area (Å²) in [6.45, 7) is 6.59. The molecule has 1 amide bonds. The number of carbonyl (C=O) groups excluding carboxylic acids is 1. The van der Waals surface area contributed by atoms with Crippen molar-refractivity contribution in [3.05, 3.63) is 0 Å². The molecule has 0 aromatic heterocycles. The molecule has 1 heterocycles. The molecule has 1 fully saturated rings. The molecule has 0 radical (unpaired) electrons. The maximum Gasteiger partial charge on any atom is 0.329 e. The van der Waals surface area contributed by atoms with Crippen molar-refractivity contribution in [1.82, 2.24) is 4.90 Å². The van der Waals surface area contributed by atoms with Crippen molar-refractivity contribution in [2.24, 2.45) is 5.92 Å². The molecule has 1 saturated heterocycles. The molecule has 1 rings (SSSR count). The van der Waals surface area contributed by atoms with Crippen molar-refractivity contribution >= 4 is 11.9 Å². The van der Waals surface area contributed by atoms with Crippen LogP contribution >= 0.6 is 0 Å². The fourth-order valence-corrected chi connectivity index (χ4v) is 3.11. The molecule has 0 aromatic carbocycles. The van der Waals surface area contributed by atoms with Crippen LogP contribution in [0.4, 0.5) is 0 Å². The minimum atomic E-state index is -0.948. The zero-order valence-electron chi connectivity index (χ0n) is 12.4. The van der Waals surface area contributed by atoms with Gasteiger partial charge in [0, 0.05) is 12.5 Å². The van der Waals surface area contributed by atoms with Crippen LogP contribution in [0, 0.1) is 5.92 Å². The van der Waals surface area contributed by atoms with Gasteiger partial charge >= 0.3 is 5.97 Å². The van der Waals surface area contributed by atoms with Gasteiger partial charge in [0.2, 0.25) is 5.91 Å². The molecule has 0 spiro atoms. The van der Waals surface area contributed by atoms with Crippen LogP contribution in [0.15, 0.2) is 0 Å². The maximum absolute atomic E-state index is 12.6. The molecule has 0 saturated carbocycles. The fourth-order valence-electron chi connectivity index (χ4n) is 3.11. The molecular weight excluding hydrogens is 242 g/mol. The second kappa shape index (κ2) is 6.92. The Bertz CT molecular complexity index is 329. The molecule has 110 valence electrons. The number of unbranched alkanes of at least 4 members (excludes halogenated alkanes) is 1. The molecule has 1 aliphatic heterocycles. The van der Waals surface area contributed by atoms with Crippen LogP contribution in [0.5, 0.6) is 0 Å². The standard InChI is InChI=1S/C15H27NO3/c1-4-7-9-12(5-2)13(17)16-11-8-10-15(16,6-3)14(18)19/h12H,4-11H2,1-3H3,(H,18,19). The van der Waals surface area contributed by atoms with E-state index in [2.05, 4.69) is 6.92 Å². The molecule has 0 aromatic rings. The zero-order chi connectivity index (χ0) is 14.5. The van der Waals surface area contributed by atoms with Gasteiger partial charge in [-0.25, -0.2) is 4.79 Å². The number of amides is 1. The first-order valence-electron chi connectivity index (χ1n) is 7.58. The largest absolute Gasteiger partial charge is 0.479 e. The highest BCUT2D eigenvalue weighted by Gasteiger charge is 2.49. The maximum atomic E-state index is 12.6. The van der Waals surface area contributed by atoms with Crippen LogP contribution in [0.25, 0.3) is 0 Å². The van der Waals surface area contributed by atoms with Crippen LogP contribution in [0.2, 0.25) is 0 Å². The van der Waals surface area contributed by atoms with Crippen LogP contribution < -0.4 is 0 Å². The normalized spacial score (nSPS) is 24.5. The van der Waals surface area contributed by atoms with Gasteiger partial charge < -0.3 is 10.0 Å². The number of hydrogen-bond acceptors (Lipinski definition) is 2. The lowest BCUT2D eigenvalue weighted by atomic mass is 9.90. The first kappa shape index (κ1) is 16.0. The number of aliphatic carboxylic acids is 1. The van der Waals surface area contributed by atoms with E-state index in [1.807, 2.05) is 13.8 Å². The Kier molecular flexibility index (Phi) is 5.83. The topological polar surface area (TPSA) is 57.6 Å². The molecule has 1 aliphatic rings. The van der Waals surface area contributed by atoms with E-state index >= 15 is 0 Å². The third kappa shape index (κ3) is 3.10. The minimum absolute atomic E-state index is 0.0108. The summed E-state index contributed by atoms with van der Waals surface area (Å²) in [5.74, 6) is -0.799. The number of carboxylic acid groups (broad SMARTS) is 1. The Morgan fingerprint density at radius 2 is 2.00 bits per heavy atom. The lowest BCUT2D eigenvalue weighted by molar-refractivity contribution is -0.158. The Labute approximate surface area is 116 Å². The third-order valence-corrected chi connectivity index (χ3v) is 4.49. The van der Waals surface area contributed by atoms with Gasteiger partial charge in [0.1, 0.15) is 5.54 Å². The highest BCUT2D eigenvalue weighted by molar-refractivity contribution is 5.88. The second-order valence-electron chi connectivity index (χ2n) is 5.53.